The van der Waals surface area contributed by atoms with Crippen LogP contribution in [0.3, 0.4) is 0 Å². The van der Waals surface area contributed by atoms with Gasteiger partial charge >= 0.3 is 12.1 Å². The number of benzene rings is 1. The zero-order valence-electron chi connectivity index (χ0n) is 26.5. The second kappa shape index (κ2) is 13.1. The number of alkyl carbamates (subject to hydrolysis) is 1. The van der Waals surface area contributed by atoms with Gasteiger partial charge in [0.15, 0.2) is 5.72 Å². The van der Waals surface area contributed by atoms with Crippen LogP contribution in [0.5, 0.6) is 5.75 Å². The van der Waals surface area contributed by atoms with Gasteiger partial charge in [0.1, 0.15) is 34.7 Å². The normalized spacial score (nSPS) is 34.7. The molecule has 0 spiro atoms. The van der Waals surface area contributed by atoms with Crippen molar-refractivity contribution in [3.63, 3.8) is 0 Å². The molecule has 44 heavy (non-hydrogen) atoms. The van der Waals surface area contributed by atoms with Crippen LogP contribution in [0.15, 0.2) is 35.9 Å². The maximum absolute atomic E-state index is 13.8. The highest BCUT2D eigenvalue weighted by atomic mass is 35.5. The second-order valence-electron chi connectivity index (χ2n) is 12.4. The number of fused-ring (bicyclic) bond motifs is 5. The summed E-state index contributed by atoms with van der Waals surface area (Å²) in [4.78, 5) is 40.7. The van der Waals surface area contributed by atoms with E-state index in [2.05, 4.69) is 5.32 Å². The van der Waals surface area contributed by atoms with Gasteiger partial charge in [0, 0.05) is 26.5 Å². The number of carbonyl (C=O) groups is 3. The fourth-order valence-corrected chi connectivity index (χ4v) is 6.19. The van der Waals surface area contributed by atoms with E-state index in [0.717, 1.165) is 11.1 Å². The number of rotatable bonds is 4. The van der Waals surface area contributed by atoms with Gasteiger partial charge in [-0.3, -0.25) is 14.9 Å². The fourth-order valence-electron chi connectivity index (χ4n) is 5.88. The van der Waals surface area contributed by atoms with Crippen molar-refractivity contribution in [2.24, 2.45) is 11.8 Å². The van der Waals surface area contributed by atoms with E-state index in [0.29, 0.717) is 17.9 Å². The van der Waals surface area contributed by atoms with Crippen LogP contribution in [0.25, 0.3) is 0 Å². The standard InChI is InChI=1S/C32H43ClN2O9/c1-17(2)29(37)43-25-15-26(36)35(6)21-13-20(14-22(40-7)27(21)33)12-18(3)10-9-11-24(41-8)32(39)16-23(42-30(38)34-32)19(4)28-31(25,5)44-28/h9-11,13-14,17,19,23-25,28,39H,12,15-16H2,1-8H3,(H,34,38)/b11-9-,18-10-/t19-,23+,24-,25?,28+,31+,32+/m1/s1. The molecule has 0 aliphatic carbocycles. The highest BCUT2D eigenvalue weighted by Crippen LogP contribution is 2.49. The Bertz CT molecular complexity index is 1350. The molecule has 7 atom stereocenters. The quantitative estimate of drug-likeness (QED) is 0.366. The number of esters is 1. The number of nitrogens with one attached hydrogen (secondary N) is 1. The number of hydrogen-bond donors (Lipinski definition) is 2. The van der Waals surface area contributed by atoms with Crippen molar-refractivity contribution >= 4 is 35.3 Å². The van der Waals surface area contributed by atoms with Crippen molar-refractivity contribution in [3.05, 3.63) is 46.5 Å². The highest BCUT2D eigenvalue weighted by Gasteiger charge is 2.64. The molecule has 3 heterocycles. The largest absolute Gasteiger partial charge is 0.495 e. The van der Waals surface area contributed by atoms with Crippen molar-refractivity contribution in [2.45, 2.75) is 89.6 Å². The third-order valence-corrected chi connectivity index (χ3v) is 9.06. The lowest BCUT2D eigenvalue weighted by Gasteiger charge is -2.42. The number of ether oxygens (including phenoxy) is 5. The maximum atomic E-state index is 13.8. The molecule has 0 saturated carbocycles. The summed E-state index contributed by atoms with van der Waals surface area (Å²) in [5.74, 6) is -1.30. The number of nitrogens with zero attached hydrogens (tertiary/aromatic N) is 1. The van der Waals surface area contributed by atoms with Gasteiger partial charge in [0.25, 0.3) is 0 Å². The van der Waals surface area contributed by atoms with Crippen molar-refractivity contribution in [2.75, 3.05) is 26.2 Å². The number of halogens is 1. The van der Waals surface area contributed by atoms with Crippen molar-refractivity contribution in [1.29, 1.82) is 0 Å². The molecule has 0 radical (unpaired) electrons. The monoisotopic (exact) mass is 634 g/mol. The lowest BCUT2D eigenvalue weighted by molar-refractivity contribution is -0.157. The van der Waals surface area contributed by atoms with Gasteiger partial charge in [0.05, 0.1) is 31.2 Å². The molecule has 1 unspecified atom stereocenters. The van der Waals surface area contributed by atoms with Crippen LogP contribution in [-0.4, -0.2) is 80.1 Å². The Labute approximate surface area is 263 Å². The lowest BCUT2D eigenvalue weighted by Crippen LogP contribution is -2.63. The summed E-state index contributed by atoms with van der Waals surface area (Å²) in [7, 11) is 4.56. The van der Waals surface area contributed by atoms with Crippen LogP contribution in [0.1, 0.15) is 53.0 Å². The zero-order valence-corrected chi connectivity index (χ0v) is 27.3. The number of allylic oxidation sites excluding steroid dienone is 3. The van der Waals surface area contributed by atoms with E-state index in [1.165, 1.54) is 19.1 Å². The molecule has 242 valence electrons. The minimum absolute atomic E-state index is 0.00361. The summed E-state index contributed by atoms with van der Waals surface area (Å²) in [5, 5.41) is 14.4. The van der Waals surface area contributed by atoms with Gasteiger partial charge in [-0.2, -0.15) is 0 Å². The molecule has 2 amide bonds. The van der Waals surface area contributed by atoms with Crippen molar-refractivity contribution in [3.8, 4) is 5.75 Å². The number of carbonyl (C=O) groups excluding carboxylic acids is 3. The van der Waals surface area contributed by atoms with E-state index in [4.69, 9.17) is 35.3 Å². The number of aliphatic hydroxyl groups is 1. The summed E-state index contributed by atoms with van der Waals surface area (Å²) in [6, 6.07) is 3.63. The fraction of sp³-hybridized carbons (Fsp3) is 0.594. The molecule has 3 aliphatic heterocycles. The predicted octanol–water partition coefficient (Wildman–Crippen LogP) is 4.32. The Hall–Kier alpha value is -3.12. The lowest BCUT2D eigenvalue weighted by atomic mass is 9.83. The molecular weight excluding hydrogens is 592 g/mol. The molecule has 0 aromatic heterocycles. The van der Waals surface area contributed by atoms with Crippen molar-refractivity contribution in [1.82, 2.24) is 5.32 Å². The third-order valence-electron chi connectivity index (χ3n) is 8.68. The highest BCUT2D eigenvalue weighted by molar-refractivity contribution is 6.35. The maximum Gasteiger partial charge on any atom is 0.409 e. The van der Waals surface area contributed by atoms with Crippen molar-refractivity contribution < 1.29 is 43.2 Å². The van der Waals surface area contributed by atoms with E-state index in [1.54, 1.807) is 40.0 Å². The first-order valence-corrected chi connectivity index (χ1v) is 15.1. The molecule has 2 N–H and O–H groups in total. The molecule has 3 aliphatic rings. The van der Waals surface area contributed by atoms with Crippen LogP contribution in [0.4, 0.5) is 10.5 Å². The Morgan fingerprint density at radius 1 is 1.25 bits per heavy atom. The van der Waals surface area contributed by atoms with Crippen LogP contribution in [-0.2, 0) is 35.0 Å². The first-order chi connectivity index (χ1) is 20.6. The van der Waals surface area contributed by atoms with Crippen LogP contribution >= 0.6 is 11.6 Å². The Kier molecular flexibility index (Phi) is 10.0. The molecule has 1 aromatic carbocycles. The minimum atomic E-state index is -1.77. The van der Waals surface area contributed by atoms with Gasteiger partial charge in [-0.1, -0.05) is 56.2 Å². The van der Waals surface area contributed by atoms with Crippen LogP contribution < -0.4 is 15.0 Å². The number of epoxide rings is 1. The first kappa shape index (κ1) is 33.8. The van der Waals surface area contributed by atoms with E-state index >= 15 is 0 Å². The SMILES string of the molecule is COc1cc2cc(c1Cl)N(C)C(=O)CC(OC(=O)C(C)C)[C@]1(C)O[C@H]1[C@H](C)[C@@H]1C[C@@](O)(NC(=O)O1)[C@H](OC)/C=C\C=C(\C)C2. The van der Waals surface area contributed by atoms with Gasteiger partial charge in [-0.25, -0.2) is 4.79 Å². The number of hydrogen-bond acceptors (Lipinski definition) is 9. The summed E-state index contributed by atoms with van der Waals surface area (Å²) < 4.78 is 28.8. The summed E-state index contributed by atoms with van der Waals surface area (Å²) in [5.41, 5.74) is -0.587. The summed E-state index contributed by atoms with van der Waals surface area (Å²) in [6.45, 7) is 8.95. The van der Waals surface area contributed by atoms with Crippen LogP contribution in [0.2, 0.25) is 5.02 Å². The average molecular weight is 635 g/mol. The van der Waals surface area contributed by atoms with E-state index < -0.39 is 59.6 Å². The molecule has 12 heteroatoms. The second-order valence-corrected chi connectivity index (χ2v) is 12.8. The summed E-state index contributed by atoms with van der Waals surface area (Å²) in [6.07, 6.45) is 1.65. The summed E-state index contributed by atoms with van der Waals surface area (Å²) >= 11 is 6.68. The molecular formula is C32H43ClN2O9. The Balaban J connectivity index is 1.80. The van der Waals surface area contributed by atoms with E-state index in [9.17, 15) is 19.5 Å². The number of amides is 2. The van der Waals surface area contributed by atoms with Gasteiger partial charge < -0.3 is 33.7 Å². The number of methoxy groups -OCH3 is 2. The Morgan fingerprint density at radius 2 is 1.95 bits per heavy atom. The molecule has 4 rings (SSSR count). The average Bonchev–Trinajstić information content (AvgIpc) is 3.66. The smallest absolute Gasteiger partial charge is 0.409 e. The van der Waals surface area contributed by atoms with E-state index in [-0.39, 0.29) is 23.8 Å². The Morgan fingerprint density at radius 3 is 2.59 bits per heavy atom. The zero-order chi connectivity index (χ0) is 32.6. The van der Waals surface area contributed by atoms with Crippen LogP contribution in [0, 0.1) is 11.8 Å². The molecule has 2 saturated heterocycles. The molecule has 1 aromatic rings. The van der Waals surface area contributed by atoms with E-state index in [1.807, 2.05) is 32.1 Å². The van der Waals surface area contributed by atoms with Gasteiger partial charge in [-0.05, 0) is 38.0 Å². The van der Waals surface area contributed by atoms with Gasteiger partial charge in [-0.15, -0.1) is 0 Å². The minimum Gasteiger partial charge on any atom is -0.495 e. The number of anilines is 1. The predicted molar refractivity (Wildman–Crippen MR) is 164 cm³/mol. The topological polar surface area (TPSA) is 136 Å². The molecule has 2 fully saturated rings. The third kappa shape index (κ3) is 6.91. The molecule has 11 nitrogen and oxygen atoms in total. The van der Waals surface area contributed by atoms with Gasteiger partial charge in [0.2, 0.25) is 5.91 Å². The first-order valence-electron chi connectivity index (χ1n) is 14.7. The molecule has 4 bridgehead atoms.